The topological polar surface area (TPSA) is 38.3 Å². The van der Waals surface area contributed by atoms with E-state index in [1.807, 2.05) is 0 Å². The molecule has 4 heteroatoms. The first-order chi connectivity index (χ1) is 8.72. The number of carbonyl (C=O) groups is 1. The van der Waals surface area contributed by atoms with Crippen LogP contribution in [0, 0.1) is 11.7 Å². The number of hydrogen-bond donors (Lipinski definition) is 1. The second-order valence-corrected chi connectivity index (χ2v) is 4.47. The van der Waals surface area contributed by atoms with E-state index < -0.39 is 5.82 Å². The predicted octanol–water partition coefficient (Wildman–Crippen LogP) is 2.41. The summed E-state index contributed by atoms with van der Waals surface area (Å²) < 4.78 is 18.8. The van der Waals surface area contributed by atoms with Gasteiger partial charge >= 0.3 is 0 Å². The van der Waals surface area contributed by atoms with Crippen molar-refractivity contribution in [2.24, 2.45) is 5.92 Å². The molecular weight excluding hydrogens is 233 g/mol. The van der Waals surface area contributed by atoms with Crippen molar-refractivity contribution in [2.75, 3.05) is 19.7 Å². The van der Waals surface area contributed by atoms with Gasteiger partial charge in [-0.25, -0.2) is 4.39 Å². The van der Waals surface area contributed by atoms with Gasteiger partial charge in [-0.05, 0) is 51.1 Å². The summed E-state index contributed by atoms with van der Waals surface area (Å²) in [5.41, 5.74) is 0.447. The maximum atomic E-state index is 13.7. The van der Waals surface area contributed by atoms with Crippen molar-refractivity contribution < 1.29 is 13.9 Å². The Bertz CT molecular complexity index is 428. The number of Topliss-reactive ketones (excluding diaryl/α,β-unsaturated/α-hetero) is 1. The van der Waals surface area contributed by atoms with Crippen LogP contribution in [0.15, 0.2) is 18.2 Å². The third kappa shape index (κ3) is 2.88. The lowest BCUT2D eigenvalue weighted by molar-refractivity contribution is 0.0894. The van der Waals surface area contributed by atoms with Crippen molar-refractivity contribution in [3.63, 3.8) is 0 Å². The van der Waals surface area contributed by atoms with Crippen LogP contribution in [0.5, 0.6) is 5.75 Å². The molecule has 0 unspecified atom stereocenters. The van der Waals surface area contributed by atoms with Crippen LogP contribution in [-0.4, -0.2) is 25.5 Å². The summed E-state index contributed by atoms with van der Waals surface area (Å²) in [5, 5.41) is 3.21. The second-order valence-electron chi connectivity index (χ2n) is 4.47. The average Bonchev–Trinajstić information content (AvgIpc) is 2.41. The summed E-state index contributed by atoms with van der Waals surface area (Å²) in [4.78, 5) is 12.2. The highest BCUT2D eigenvalue weighted by Gasteiger charge is 2.22. The predicted molar refractivity (Wildman–Crippen MR) is 67.5 cm³/mol. The summed E-state index contributed by atoms with van der Waals surface area (Å²) in [5.74, 6) is -0.196. The molecule has 1 fully saturated rings. The van der Waals surface area contributed by atoms with E-state index in [1.165, 1.54) is 12.1 Å². The molecule has 0 amide bonds. The van der Waals surface area contributed by atoms with Gasteiger partial charge in [-0.2, -0.15) is 0 Å². The molecule has 0 aliphatic carbocycles. The fourth-order valence-corrected chi connectivity index (χ4v) is 2.25. The van der Waals surface area contributed by atoms with Gasteiger partial charge < -0.3 is 10.1 Å². The first-order valence-electron chi connectivity index (χ1n) is 6.39. The molecule has 1 aliphatic heterocycles. The lowest BCUT2D eigenvalue weighted by Crippen LogP contribution is -2.31. The first-order valence-corrected chi connectivity index (χ1v) is 6.39. The quantitative estimate of drug-likeness (QED) is 0.835. The SMILES string of the molecule is CCOc1ccc(C(=O)C2CCNCC2)cc1F. The van der Waals surface area contributed by atoms with E-state index in [-0.39, 0.29) is 17.5 Å². The van der Waals surface area contributed by atoms with Crippen molar-refractivity contribution in [2.45, 2.75) is 19.8 Å². The van der Waals surface area contributed by atoms with Crippen LogP contribution in [0.4, 0.5) is 4.39 Å². The summed E-state index contributed by atoms with van der Waals surface area (Å²) in [6, 6.07) is 4.47. The lowest BCUT2D eigenvalue weighted by Gasteiger charge is -2.21. The Morgan fingerprint density at radius 3 is 2.78 bits per heavy atom. The summed E-state index contributed by atoms with van der Waals surface area (Å²) in [7, 11) is 0. The summed E-state index contributed by atoms with van der Waals surface area (Å²) >= 11 is 0. The fourth-order valence-electron chi connectivity index (χ4n) is 2.25. The monoisotopic (exact) mass is 251 g/mol. The lowest BCUT2D eigenvalue weighted by atomic mass is 9.89. The molecule has 1 heterocycles. The molecule has 0 radical (unpaired) electrons. The molecule has 1 aromatic rings. The summed E-state index contributed by atoms with van der Waals surface area (Å²) in [6.45, 7) is 3.93. The van der Waals surface area contributed by atoms with Gasteiger partial charge in [0.2, 0.25) is 0 Å². The molecule has 0 spiro atoms. The van der Waals surface area contributed by atoms with Gasteiger partial charge in [-0.15, -0.1) is 0 Å². The van der Waals surface area contributed by atoms with Crippen molar-refractivity contribution >= 4 is 5.78 Å². The van der Waals surface area contributed by atoms with Crippen LogP contribution in [0.2, 0.25) is 0 Å². The van der Waals surface area contributed by atoms with Gasteiger partial charge in [-0.3, -0.25) is 4.79 Å². The Hall–Kier alpha value is -1.42. The van der Waals surface area contributed by atoms with E-state index in [2.05, 4.69) is 5.32 Å². The normalized spacial score (nSPS) is 16.6. The van der Waals surface area contributed by atoms with Crippen molar-refractivity contribution in [1.29, 1.82) is 0 Å². The summed E-state index contributed by atoms with van der Waals surface area (Å²) in [6.07, 6.45) is 1.65. The standard InChI is InChI=1S/C14H18FNO2/c1-2-18-13-4-3-11(9-12(13)15)14(17)10-5-7-16-8-6-10/h3-4,9-10,16H,2,5-8H2,1H3. The van der Waals surface area contributed by atoms with Crippen LogP contribution in [-0.2, 0) is 0 Å². The number of benzene rings is 1. The molecule has 1 saturated heterocycles. The van der Waals surface area contributed by atoms with Crippen molar-refractivity contribution in [3.05, 3.63) is 29.6 Å². The second kappa shape index (κ2) is 5.96. The Labute approximate surface area is 106 Å². The van der Waals surface area contributed by atoms with Crippen LogP contribution >= 0.6 is 0 Å². The number of nitrogens with one attached hydrogen (secondary N) is 1. The van der Waals surface area contributed by atoms with E-state index in [4.69, 9.17) is 4.74 Å². The largest absolute Gasteiger partial charge is 0.491 e. The van der Waals surface area contributed by atoms with Gasteiger partial charge in [0.15, 0.2) is 17.3 Å². The molecule has 1 aliphatic rings. The zero-order valence-corrected chi connectivity index (χ0v) is 10.5. The minimum Gasteiger partial charge on any atom is -0.491 e. The Morgan fingerprint density at radius 2 is 2.17 bits per heavy atom. The van der Waals surface area contributed by atoms with Crippen molar-refractivity contribution in [1.82, 2.24) is 5.32 Å². The number of ether oxygens (including phenoxy) is 1. The molecule has 98 valence electrons. The number of carbonyl (C=O) groups excluding carboxylic acids is 1. The minimum atomic E-state index is -0.461. The zero-order chi connectivity index (χ0) is 13.0. The smallest absolute Gasteiger partial charge is 0.166 e. The Kier molecular flexibility index (Phi) is 4.31. The molecule has 3 nitrogen and oxygen atoms in total. The highest BCUT2D eigenvalue weighted by Crippen LogP contribution is 2.23. The average molecular weight is 251 g/mol. The molecule has 1 aromatic carbocycles. The third-order valence-electron chi connectivity index (χ3n) is 3.23. The molecule has 18 heavy (non-hydrogen) atoms. The Balaban J connectivity index is 2.12. The Morgan fingerprint density at radius 1 is 1.44 bits per heavy atom. The molecule has 0 bridgehead atoms. The molecule has 0 saturated carbocycles. The maximum Gasteiger partial charge on any atom is 0.166 e. The van der Waals surface area contributed by atoms with Gasteiger partial charge in [0.25, 0.3) is 0 Å². The van der Waals surface area contributed by atoms with Crippen LogP contribution in [0.1, 0.15) is 30.1 Å². The van der Waals surface area contributed by atoms with Crippen LogP contribution < -0.4 is 10.1 Å². The number of rotatable bonds is 4. The number of piperidine rings is 1. The molecule has 0 aromatic heterocycles. The number of halogens is 1. The molecule has 0 atom stereocenters. The third-order valence-corrected chi connectivity index (χ3v) is 3.23. The van der Waals surface area contributed by atoms with Crippen LogP contribution in [0.3, 0.4) is 0 Å². The van der Waals surface area contributed by atoms with E-state index in [1.54, 1.807) is 13.0 Å². The van der Waals surface area contributed by atoms with Gasteiger partial charge in [0, 0.05) is 11.5 Å². The highest BCUT2D eigenvalue weighted by atomic mass is 19.1. The zero-order valence-electron chi connectivity index (χ0n) is 10.5. The highest BCUT2D eigenvalue weighted by molar-refractivity contribution is 5.98. The minimum absolute atomic E-state index is 0.0172. The van der Waals surface area contributed by atoms with Gasteiger partial charge in [0.05, 0.1) is 6.61 Å². The fraction of sp³-hybridized carbons (Fsp3) is 0.500. The maximum absolute atomic E-state index is 13.7. The van der Waals surface area contributed by atoms with E-state index >= 15 is 0 Å². The first kappa shape index (κ1) is 13.0. The molecule has 1 N–H and O–H groups in total. The van der Waals surface area contributed by atoms with Gasteiger partial charge in [0.1, 0.15) is 0 Å². The number of ketones is 1. The van der Waals surface area contributed by atoms with Crippen LogP contribution in [0.25, 0.3) is 0 Å². The van der Waals surface area contributed by atoms with Crippen molar-refractivity contribution in [3.8, 4) is 5.75 Å². The van der Waals surface area contributed by atoms with E-state index in [9.17, 15) is 9.18 Å². The van der Waals surface area contributed by atoms with Gasteiger partial charge in [-0.1, -0.05) is 0 Å². The van der Waals surface area contributed by atoms with E-state index in [0.29, 0.717) is 12.2 Å². The molecular formula is C14H18FNO2. The molecule has 2 rings (SSSR count). The number of hydrogen-bond acceptors (Lipinski definition) is 3. The van der Waals surface area contributed by atoms with E-state index in [0.717, 1.165) is 25.9 Å².